The van der Waals surface area contributed by atoms with E-state index in [2.05, 4.69) is 10.6 Å². The summed E-state index contributed by atoms with van der Waals surface area (Å²) < 4.78 is 0. The molecule has 4 N–H and O–H groups in total. The van der Waals surface area contributed by atoms with Gasteiger partial charge in [0.1, 0.15) is 0 Å². The molecule has 1 saturated carbocycles. The summed E-state index contributed by atoms with van der Waals surface area (Å²) in [6.45, 7) is 0. The van der Waals surface area contributed by atoms with Crippen LogP contribution in [0.15, 0.2) is 24.3 Å². The van der Waals surface area contributed by atoms with Gasteiger partial charge in [-0.05, 0) is 31.4 Å². The molecule has 2 rings (SSSR count). The molecule has 2 atom stereocenters. The first-order valence-corrected chi connectivity index (χ1v) is 6.14. The fourth-order valence-electron chi connectivity index (χ4n) is 2.17. The zero-order valence-electron chi connectivity index (χ0n) is 10.3. The number of benzene rings is 1. The Morgan fingerprint density at radius 3 is 2.53 bits per heavy atom. The summed E-state index contributed by atoms with van der Waals surface area (Å²) in [6, 6.07) is 5.34. The van der Waals surface area contributed by atoms with Crippen molar-refractivity contribution in [2.24, 2.45) is 5.73 Å². The van der Waals surface area contributed by atoms with Gasteiger partial charge in [-0.2, -0.15) is 0 Å². The summed E-state index contributed by atoms with van der Waals surface area (Å²) in [7, 11) is 0. The van der Waals surface area contributed by atoms with Crippen LogP contribution in [0.4, 0.5) is 16.2 Å². The maximum atomic E-state index is 11.7. The molecule has 1 aliphatic rings. The monoisotopic (exact) mass is 264 g/mol. The molecule has 0 aromatic heterocycles. The van der Waals surface area contributed by atoms with E-state index in [1.165, 1.54) is 24.3 Å². The lowest BCUT2D eigenvalue weighted by molar-refractivity contribution is -0.384. The molecule has 1 fully saturated rings. The van der Waals surface area contributed by atoms with Crippen molar-refractivity contribution in [2.45, 2.75) is 31.3 Å². The van der Waals surface area contributed by atoms with Crippen LogP contribution >= 0.6 is 0 Å². The van der Waals surface area contributed by atoms with E-state index in [0.29, 0.717) is 5.69 Å². The Kier molecular flexibility index (Phi) is 3.96. The lowest BCUT2D eigenvalue weighted by Gasteiger charge is -2.17. The molecule has 0 heterocycles. The number of non-ortho nitro benzene ring substituents is 1. The van der Waals surface area contributed by atoms with Crippen molar-refractivity contribution < 1.29 is 9.72 Å². The third kappa shape index (κ3) is 3.41. The molecule has 0 bridgehead atoms. The van der Waals surface area contributed by atoms with E-state index in [-0.39, 0.29) is 23.8 Å². The quantitative estimate of drug-likeness (QED) is 0.568. The van der Waals surface area contributed by atoms with Crippen molar-refractivity contribution in [3.63, 3.8) is 0 Å². The number of amides is 2. The zero-order valence-corrected chi connectivity index (χ0v) is 10.3. The van der Waals surface area contributed by atoms with E-state index in [4.69, 9.17) is 5.73 Å². The van der Waals surface area contributed by atoms with E-state index in [1.54, 1.807) is 0 Å². The van der Waals surface area contributed by atoms with Gasteiger partial charge in [0, 0.05) is 29.9 Å². The summed E-state index contributed by atoms with van der Waals surface area (Å²) in [6.07, 6.45) is 2.82. The van der Waals surface area contributed by atoms with Gasteiger partial charge in [0.05, 0.1) is 4.92 Å². The first kappa shape index (κ1) is 13.3. The summed E-state index contributed by atoms with van der Waals surface area (Å²) >= 11 is 0. The summed E-state index contributed by atoms with van der Waals surface area (Å²) in [4.78, 5) is 21.7. The maximum Gasteiger partial charge on any atom is 0.319 e. The van der Waals surface area contributed by atoms with E-state index in [1.807, 2.05) is 0 Å². The number of carbonyl (C=O) groups excluding carboxylic acids is 1. The second kappa shape index (κ2) is 5.66. The molecule has 102 valence electrons. The van der Waals surface area contributed by atoms with Crippen molar-refractivity contribution in [1.82, 2.24) is 5.32 Å². The number of nitrogens with zero attached hydrogens (tertiary/aromatic N) is 1. The van der Waals surface area contributed by atoms with Crippen molar-refractivity contribution in [3.8, 4) is 0 Å². The van der Waals surface area contributed by atoms with Gasteiger partial charge in [-0.25, -0.2) is 4.79 Å². The smallest absolute Gasteiger partial charge is 0.319 e. The topological polar surface area (TPSA) is 110 Å². The molecule has 7 nitrogen and oxygen atoms in total. The molecular formula is C12H16N4O3. The van der Waals surface area contributed by atoms with Crippen LogP contribution in [0.25, 0.3) is 0 Å². The van der Waals surface area contributed by atoms with E-state index in [9.17, 15) is 14.9 Å². The van der Waals surface area contributed by atoms with Crippen LogP contribution in [-0.2, 0) is 0 Å². The summed E-state index contributed by atoms with van der Waals surface area (Å²) in [5.74, 6) is 0. The fourth-order valence-corrected chi connectivity index (χ4v) is 2.17. The number of hydrogen-bond acceptors (Lipinski definition) is 4. The molecule has 1 aromatic rings. The number of nitro groups is 1. The second-order valence-electron chi connectivity index (χ2n) is 4.60. The van der Waals surface area contributed by atoms with Gasteiger partial charge in [0.25, 0.3) is 5.69 Å². The molecule has 0 radical (unpaired) electrons. The minimum atomic E-state index is -0.485. The number of urea groups is 1. The Morgan fingerprint density at radius 1 is 1.32 bits per heavy atom. The predicted octanol–water partition coefficient (Wildman–Crippen LogP) is 1.60. The van der Waals surface area contributed by atoms with Crippen LogP contribution in [-0.4, -0.2) is 23.0 Å². The van der Waals surface area contributed by atoms with E-state index in [0.717, 1.165) is 19.3 Å². The number of anilines is 1. The number of nitrogens with one attached hydrogen (secondary N) is 2. The van der Waals surface area contributed by atoms with Crippen LogP contribution in [0.2, 0.25) is 0 Å². The first-order valence-electron chi connectivity index (χ1n) is 6.14. The predicted molar refractivity (Wildman–Crippen MR) is 70.9 cm³/mol. The van der Waals surface area contributed by atoms with Crippen LogP contribution < -0.4 is 16.4 Å². The van der Waals surface area contributed by atoms with Crippen LogP contribution in [0.1, 0.15) is 19.3 Å². The number of carbonyl (C=O) groups is 1. The molecule has 19 heavy (non-hydrogen) atoms. The average Bonchev–Trinajstić information content (AvgIpc) is 2.75. The Labute approximate surface area is 110 Å². The minimum Gasteiger partial charge on any atom is -0.334 e. The summed E-state index contributed by atoms with van der Waals surface area (Å²) in [5, 5.41) is 15.9. The number of nitrogens with two attached hydrogens (primary N) is 1. The first-order chi connectivity index (χ1) is 9.06. The standard InChI is InChI=1S/C12H16N4O3/c13-10-2-1-3-11(10)15-12(17)14-8-4-6-9(7-5-8)16(18)19/h4-7,10-11H,1-3,13H2,(H2,14,15,17). The molecule has 2 unspecified atom stereocenters. The molecule has 2 amide bonds. The van der Waals surface area contributed by atoms with Crippen molar-refractivity contribution in [2.75, 3.05) is 5.32 Å². The van der Waals surface area contributed by atoms with Crippen LogP contribution in [0.3, 0.4) is 0 Å². The molecule has 7 heteroatoms. The van der Waals surface area contributed by atoms with Crippen LogP contribution in [0.5, 0.6) is 0 Å². The highest BCUT2D eigenvalue weighted by molar-refractivity contribution is 5.89. The average molecular weight is 264 g/mol. The van der Waals surface area contributed by atoms with Crippen LogP contribution in [0, 0.1) is 10.1 Å². The van der Waals surface area contributed by atoms with Gasteiger partial charge in [-0.3, -0.25) is 10.1 Å². The van der Waals surface area contributed by atoms with Gasteiger partial charge in [-0.15, -0.1) is 0 Å². The molecule has 1 aliphatic carbocycles. The van der Waals surface area contributed by atoms with Gasteiger partial charge in [-0.1, -0.05) is 0 Å². The third-order valence-electron chi connectivity index (χ3n) is 3.22. The second-order valence-corrected chi connectivity index (χ2v) is 4.60. The van der Waals surface area contributed by atoms with Crippen molar-refractivity contribution >= 4 is 17.4 Å². The summed E-state index contributed by atoms with van der Waals surface area (Å²) in [5.41, 5.74) is 6.35. The molecule has 0 saturated heterocycles. The largest absolute Gasteiger partial charge is 0.334 e. The lowest BCUT2D eigenvalue weighted by Crippen LogP contribution is -2.45. The molecule has 0 spiro atoms. The van der Waals surface area contributed by atoms with Gasteiger partial charge >= 0.3 is 6.03 Å². The highest BCUT2D eigenvalue weighted by Crippen LogP contribution is 2.18. The van der Waals surface area contributed by atoms with E-state index >= 15 is 0 Å². The van der Waals surface area contributed by atoms with Crippen molar-refractivity contribution in [3.05, 3.63) is 34.4 Å². The normalized spacial score (nSPS) is 21.9. The van der Waals surface area contributed by atoms with Gasteiger partial charge < -0.3 is 16.4 Å². The fraction of sp³-hybridized carbons (Fsp3) is 0.417. The highest BCUT2D eigenvalue weighted by Gasteiger charge is 2.25. The van der Waals surface area contributed by atoms with Gasteiger partial charge in [0.2, 0.25) is 0 Å². The van der Waals surface area contributed by atoms with Crippen molar-refractivity contribution in [1.29, 1.82) is 0 Å². The Balaban J connectivity index is 1.89. The highest BCUT2D eigenvalue weighted by atomic mass is 16.6. The lowest BCUT2D eigenvalue weighted by atomic mass is 10.2. The SMILES string of the molecule is NC1CCCC1NC(=O)Nc1ccc([N+](=O)[O-])cc1. The Hall–Kier alpha value is -2.15. The Morgan fingerprint density at radius 2 is 2.00 bits per heavy atom. The third-order valence-corrected chi connectivity index (χ3v) is 3.22. The number of nitro benzene ring substituents is 1. The molecular weight excluding hydrogens is 248 g/mol. The number of rotatable bonds is 3. The van der Waals surface area contributed by atoms with E-state index < -0.39 is 4.92 Å². The molecule has 0 aliphatic heterocycles. The zero-order chi connectivity index (χ0) is 13.8. The number of hydrogen-bond donors (Lipinski definition) is 3. The minimum absolute atomic E-state index is 0.00181. The Bertz CT molecular complexity index is 474. The van der Waals surface area contributed by atoms with Gasteiger partial charge in [0.15, 0.2) is 0 Å². The maximum absolute atomic E-state index is 11.7. The molecule has 1 aromatic carbocycles.